The van der Waals surface area contributed by atoms with E-state index in [0.717, 1.165) is 11.2 Å². The standard InChI is InChI=1S/C10H17N3S/c11-13-12-7-9-6-8-4-2-1-3-5-10(8)14-9/h8-10H,1-7H2/t8-,9-,10+/m0/s1. The van der Waals surface area contributed by atoms with Gasteiger partial charge in [-0.05, 0) is 30.7 Å². The molecule has 0 aromatic heterocycles. The first-order valence-electron chi connectivity index (χ1n) is 5.56. The zero-order valence-corrected chi connectivity index (χ0v) is 9.25. The van der Waals surface area contributed by atoms with E-state index in [1.165, 1.54) is 38.5 Å². The van der Waals surface area contributed by atoms with E-state index >= 15 is 0 Å². The highest BCUT2D eigenvalue weighted by Crippen LogP contribution is 2.45. The van der Waals surface area contributed by atoms with Crippen LogP contribution in [0, 0.1) is 5.92 Å². The van der Waals surface area contributed by atoms with Crippen LogP contribution in [0.3, 0.4) is 0 Å². The van der Waals surface area contributed by atoms with Gasteiger partial charge in [0.2, 0.25) is 0 Å². The van der Waals surface area contributed by atoms with Gasteiger partial charge in [-0.1, -0.05) is 24.4 Å². The van der Waals surface area contributed by atoms with Crippen molar-refractivity contribution in [1.82, 2.24) is 0 Å². The molecule has 0 aromatic carbocycles. The van der Waals surface area contributed by atoms with Crippen LogP contribution in [-0.2, 0) is 0 Å². The molecule has 1 aliphatic carbocycles. The van der Waals surface area contributed by atoms with Gasteiger partial charge in [-0.15, -0.1) is 0 Å². The number of rotatable bonds is 2. The lowest BCUT2D eigenvalue weighted by Crippen LogP contribution is -2.08. The second kappa shape index (κ2) is 4.94. The van der Waals surface area contributed by atoms with Gasteiger partial charge in [0.05, 0.1) is 0 Å². The molecular formula is C10H17N3S. The van der Waals surface area contributed by atoms with E-state index in [2.05, 4.69) is 21.8 Å². The Hall–Kier alpha value is -0.340. The second-order valence-electron chi connectivity index (χ2n) is 4.34. The highest BCUT2D eigenvalue weighted by Gasteiger charge is 2.34. The number of hydrogen-bond acceptors (Lipinski definition) is 2. The topological polar surface area (TPSA) is 48.8 Å². The van der Waals surface area contributed by atoms with Crippen LogP contribution in [-0.4, -0.2) is 17.0 Å². The monoisotopic (exact) mass is 211 g/mol. The third-order valence-corrected chi connectivity index (χ3v) is 5.07. The summed E-state index contributed by atoms with van der Waals surface area (Å²) in [6.45, 7) is 0.703. The van der Waals surface area contributed by atoms with Gasteiger partial charge in [0.15, 0.2) is 0 Å². The van der Waals surface area contributed by atoms with Crippen molar-refractivity contribution in [3.63, 3.8) is 0 Å². The maximum absolute atomic E-state index is 8.28. The van der Waals surface area contributed by atoms with E-state index in [-0.39, 0.29) is 0 Å². The van der Waals surface area contributed by atoms with E-state index in [0.29, 0.717) is 11.8 Å². The number of azide groups is 1. The summed E-state index contributed by atoms with van der Waals surface area (Å²) in [5.74, 6) is 0.918. The highest BCUT2D eigenvalue weighted by molar-refractivity contribution is 8.00. The minimum atomic E-state index is 0.610. The van der Waals surface area contributed by atoms with Crippen LogP contribution >= 0.6 is 11.8 Å². The Morgan fingerprint density at radius 2 is 2.14 bits per heavy atom. The molecule has 0 spiro atoms. The van der Waals surface area contributed by atoms with Gasteiger partial charge in [-0.3, -0.25) is 0 Å². The van der Waals surface area contributed by atoms with Crippen molar-refractivity contribution in [2.75, 3.05) is 6.54 Å². The summed E-state index contributed by atoms with van der Waals surface area (Å²) in [4.78, 5) is 2.85. The first-order chi connectivity index (χ1) is 6.90. The Bertz CT molecular complexity index is 224. The number of nitrogens with zero attached hydrogens (tertiary/aromatic N) is 3. The van der Waals surface area contributed by atoms with Gasteiger partial charge in [-0.25, -0.2) is 0 Å². The van der Waals surface area contributed by atoms with Crippen molar-refractivity contribution < 1.29 is 0 Å². The smallest absolute Gasteiger partial charge is 0.0377 e. The summed E-state index contributed by atoms with van der Waals surface area (Å²) in [6, 6.07) is 0. The first kappa shape index (κ1) is 10.2. The average molecular weight is 211 g/mol. The van der Waals surface area contributed by atoms with Crippen molar-refractivity contribution in [1.29, 1.82) is 0 Å². The van der Waals surface area contributed by atoms with Crippen molar-refractivity contribution in [2.24, 2.45) is 11.0 Å². The van der Waals surface area contributed by atoms with Crippen LogP contribution in [0.2, 0.25) is 0 Å². The molecule has 2 rings (SSSR count). The normalized spacial score (nSPS) is 37.0. The molecule has 4 heteroatoms. The Labute approximate surface area is 89.3 Å². The lowest BCUT2D eigenvalue weighted by molar-refractivity contribution is 0.461. The van der Waals surface area contributed by atoms with Gasteiger partial charge in [-0.2, -0.15) is 11.8 Å². The molecule has 0 aromatic rings. The number of hydrogen-bond donors (Lipinski definition) is 0. The summed E-state index contributed by atoms with van der Waals surface area (Å²) in [5, 5.41) is 5.18. The first-order valence-corrected chi connectivity index (χ1v) is 6.51. The molecule has 78 valence electrons. The maximum Gasteiger partial charge on any atom is 0.0377 e. The molecule has 1 saturated heterocycles. The molecule has 0 unspecified atom stereocenters. The van der Waals surface area contributed by atoms with Crippen LogP contribution in [0.1, 0.15) is 38.5 Å². The molecular weight excluding hydrogens is 194 g/mol. The summed E-state index contributed by atoms with van der Waals surface area (Å²) in [7, 11) is 0. The van der Waals surface area contributed by atoms with Crippen molar-refractivity contribution in [3.8, 4) is 0 Å². The predicted molar refractivity (Wildman–Crippen MR) is 60.4 cm³/mol. The molecule has 1 aliphatic heterocycles. The lowest BCUT2D eigenvalue weighted by Gasteiger charge is -2.13. The van der Waals surface area contributed by atoms with Crippen LogP contribution in [0.25, 0.3) is 10.4 Å². The summed E-state index contributed by atoms with van der Waals surface area (Å²) < 4.78 is 0. The zero-order chi connectivity index (χ0) is 9.80. The van der Waals surface area contributed by atoms with Crippen LogP contribution in [0.15, 0.2) is 5.11 Å². The maximum atomic E-state index is 8.28. The SMILES string of the molecule is [N-]=[N+]=NC[C@@H]1C[C@@H]2CCCCC[C@H]2S1. The molecule has 14 heavy (non-hydrogen) atoms. The number of fused-ring (bicyclic) bond motifs is 1. The van der Waals surface area contributed by atoms with E-state index in [1.807, 2.05) is 0 Å². The van der Waals surface area contributed by atoms with Gasteiger partial charge in [0.1, 0.15) is 0 Å². The fourth-order valence-electron chi connectivity index (χ4n) is 2.68. The van der Waals surface area contributed by atoms with E-state index in [9.17, 15) is 0 Å². The van der Waals surface area contributed by atoms with Gasteiger partial charge in [0, 0.05) is 22.0 Å². The molecule has 0 amide bonds. The fourth-order valence-corrected chi connectivity index (χ4v) is 4.46. The minimum absolute atomic E-state index is 0.610. The molecule has 2 fully saturated rings. The van der Waals surface area contributed by atoms with E-state index < -0.39 is 0 Å². The largest absolute Gasteiger partial charge is 0.155 e. The summed E-state index contributed by atoms with van der Waals surface area (Å²) >= 11 is 2.08. The quantitative estimate of drug-likeness (QED) is 0.390. The Kier molecular flexibility index (Phi) is 3.60. The fraction of sp³-hybridized carbons (Fsp3) is 1.00. The van der Waals surface area contributed by atoms with E-state index in [4.69, 9.17) is 5.53 Å². The number of thioether (sulfide) groups is 1. The minimum Gasteiger partial charge on any atom is -0.155 e. The van der Waals surface area contributed by atoms with Crippen molar-refractivity contribution in [2.45, 2.75) is 49.0 Å². The second-order valence-corrected chi connectivity index (χ2v) is 5.89. The molecule has 1 heterocycles. The van der Waals surface area contributed by atoms with Crippen LogP contribution < -0.4 is 0 Å². The Morgan fingerprint density at radius 3 is 3.00 bits per heavy atom. The lowest BCUT2D eigenvalue weighted by atomic mass is 9.95. The van der Waals surface area contributed by atoms with Gasteiger partial charge >= 0.3 is 0 Å². The molecule has 1 saturated carbocycles. The summed E-state index contributed by atoms with van der Waals surface area (Å²) in [5.41, 5.74) is 8.28. The molecule has 3 nitrogen and oxygen atoms in total. The predicted octanol–water partition coefficient (Wildman–Crippen LogP) is 3.75. The molecule has 0 N–H and O–H groups in total. The highest BCUT2D eigenvalue weighted by atomic mass is 32.2. The Balaban J connectivity index is 1.88. The molecule has 2 aliphatic rings. The molecule has 0 radical (unpaired) electrons. The van der Waals surface area contributed by atoms with Crippen LogP contribution in [0.4, 0.5) is 0 Å². The van der Waals surface area contributed by atoms with Gasteiger partial charge in [0.25, 0.3) is 0 Å². The van der Waals surface area contributed by atoms with Crippen LogP contribution in [0.5, 0.6) is 0 Å². The Morgan fingerprint density at radius 1 is 1.29 bits per heavy atom. The third-order valence-electron chi connectivity index (χ3n) is 3.37. The van der Waals surface area contributed by atoms with Crippen molar-refractivity contribution in [3.05, 3.63) is 10.4 Å². The summed E-state index contributed by atoms with van der Waals surface area (Å²) in [6.07, 6.45) is 8.33. The van der Waals surface area contributed by atoms with Gasteiger partial charge < -0.3 is 0 Å². The van der Waals surface area contributed by atoms with Crippen molar-refractivity contribution >= 4 is 11.8 Å². The van der Waals surface area contributed by atoms with E-state index in [1.54, 1.807) is 0 Å². The zero-order valence-electron chi connectivity index (χ0n) is 8.43. The average Bonchev–Trinajstić information content (AvgIpc) is 2.46. The third kappa shape index (κ3) is 2.37. The molecule has 0 bridgehead atoms. The molecule has 3 atom stereocenters.